The van der Waals surface area contributed by atoms with Crippen LogP contribution >= 0.6 is 0 Å². The quantitative estimate of drug-likeness (QED) is 0.708. The Balaban J connectivity index is 1.57. The molecule has 0 N–H and O–H groups in total. The molecule has 5 heteroatoms. The summed E-state index contributed by atoms with van der Waals surface area (Å²) in [5, 5.41) is 0. The van der Waals surface area contributed by atoms with Crippen LogP contribution < -0.4 is 0 Å². The highest BCUT2D eigenvalue weighted by atomic mass is 19.2. The maximum absolute atomic E-state index is 14.0. The van der Waals surface area contributed by atoms with Crippen LogP contribution in [0.3, 0.4) is 0 Å². The molecule has 1 aliphatic heterocycles. The number of nitrogens with zero attached hydrogens (tertiary/aromatic N) is 3. The summed E-state index contributed by atoms with van der Waals surface area (Å²) in [6.45, 7) is 4.16. The van der Waals surface area contributed by atoms with Gasteiger partial charge < -0.3 is 4.40 Å². The van der Waals surface area contributed by atoms with Crippen molar-refractivity contribution in [1.82, 2.24) is 14.3 Å². The second-order valence-corrected chi connectivity index (χ2v) is 6.79. The second kappa shape index (κ2) is 6.56. The maximum Gasteiger partial charge on any atom is 0.163 e. The number of halogens is 2. The van der Waals surface area contributed by atoms with Gasteiger partial charge in [-0.25, -0.2) is 13.8 Å². The Kier molecular flexibility index (Phi) is 4.25. The van der Waals surface area contributed by atoms with E-state index in [1.165, 1.54) is 0 Å². The molecular formula is C20H21F2N3. The fourth-order valence-corrected chi connectivity index (χ4v) is 3.85. The molecule has 2 aromatic heterocycles. The van der Waals surface area contributed by atoms with Crippen LogP contribution in [-0.2, 0) is 6.54 Å². The van der Waals surface area contributed by atoms with E-state index in [-0.39, 0.29) is 0 Å². The van der Waals surface area contributed by atoms with Gasteiger partial charge in [-0.3, -0.25) is 4.90 Å². The van der Waals surface area contributed by atoms with Crippen molar-refractivity contribution in [1.29, 1.82) is 0 Å². The van der Waals surface area contributed by atoms with E-state index in [9.17, 15) is 8.78 Å². The third-order valence-corrected chi connectivity index (χ3v) is 5.07. The van der Waals surface area contributed by atoms with Crippen LogP contribution in [0.15, 0.2) is 42.6 Å². The lowest BCUT2D eigenvalue weighted by molar-refractivity contribution is 0.196. The normalized spacial score (nSPS) is 18.8. The molecule has 1 aliphatic rings. The molecule has 130 valence electrons. The average molecular weight is 341 g/mol. The highest BCUT2D eigenvalue weighted by molar-refractivity contribution is 5.54. The molecule has 1 saturated heterocycles. The predicted molar refractivity (Wildman–Crippen MR) is 93.5 cm³/mol. The van der Waals surface area contributed by atoms with Crippen molar-refractivity contribution < 1.29 is 8.78 Å². The van der Waals surface area contributed by atoms with Crippen molar-refractivity contribution in [3.05, 3.63) is 71.3 Å². The summed E-state index contributed by atoms with van der Waals surface area (Å²) in [6.07, 6.45) is 4.14. The van der Waals surface area contributed by atoms with E-state index in [0.29, 0.717) is 18.0 Å². The Morgan fingerprint density at radius 1 is 1.16 bits per heavy atom. The first-order valence-electron chi connectivity index (χ1n) is 8.72. The molecule has 0 unspecified atom stereocenters. The first kappa shape index (κ1) is 16.2. The summed E-state index contributed by atoms with van der Waals surface area (Å²) < 4.78 is 29.5. The number of benzene rings is 1. The van der Waals surface area contributed by atoms with Crippen LogP contribution in [0.25, 0.3) is 5.52 Å². The Morgan fingerprint density at radius 2 is 2.04 bits per heavy atom. The number of fused-ring (bicyclic) bond motifs is 1. The summed E-state index contributed by atoms with van der Waals surface area (Å²) in [7, 11) is 0. The number of hydrogen-bond acceptors (Lipinski definition) is 2. The van der Waals surface area contributed by atoms with Gasteiger partial charge in [0.25, 0.3) is 0 Å². The van der Waals surface area contributed by atoms with Crippen LogP contribution in [0.5, 0.6) is 0 Å². The smallest absolute Gasteiger partial charge is 0.163 e. The maximum atomic E-state index is 14.0. The molecule has 0 saturated carbocycles. The Labute approximate surface area is 145 Å². The van der Waals surface area contributed by atoms with Gasteiger partial charge in [-0.15, -0.1) is 0 Å². The third-order valence-electron chi connectivity index (χ3n) is 5.07. The van der Waals surface area contributed by atoms with Gasteiger partial charge in [-0.1, -0.05) is 18.2 Å². The number of hydrogen-bond donors (Lipinski definition) is 0. The van der Waals surface area contributed by atoms with Gasteiger partial charge in [0.2, 0.25) is 0 Å². The Morgan fingerprint density at radius 3 is 2.92 bits per heavy atom. The minimum Gasteiger partial charge on any atom is -0.304 e. The Bertz CT molecular complexity index is 903. The molecule has 0 aliphatic carbocycles. The molecule has 3 aromatic rings. The number of aryl methyl sites for hydroxylation is 1. The zero-order chi connectivity index (χ0) is 17.4. The zero-order valence-corrected chi connectivity index (χ0v) is 14.3. The van der Waals surface area contributed by atoms with Crippen molar-refractivity contribution in [3.63, 3.8) is 0 Å². The molecule has 1 atom stereocenters. The summed E-state index contributed by atoms with van der Waals surface area (Å²) in [5.41, 5.74) is 2.68. The minimum atomic E-state index is -0.776. The van der Waals surface area contributed by atoms with Crippen molar-refractivity contribution in [2.75, 3.05) is 13.1 Å². The van der Waals surface area contributed by atoms with Crippen LogP contribution in [0.1, 0.15) is 35.8 Å². The van der Waals surface area contributed by atoms with Crippen molar-refractivity contribution in [2.24, 2.45) is 0 Å². The molecular weight excluding hydrogens is 320 g/mol. The lowest BCUT2D eigenvalue weighted by atomic mass is 9.93. The van der Waals surface area contributed by atoms with Gasteiger partial charge in [0.15, 0.2) is 11.6 Å². The van der Waals surface area contributed by atoms with Crippen LogP contribution in [0.4, 0.5) is 8.78 Å². The van der Waals surface area contributed by atoms with E-state index in [1.807, 2.05) is 25.3 Å². The second-order valence-electron chi connectivity index (χ2n) is 6.79. The first-order valence-corrected chi connectivity index (χ1v) is 8.72. The van der Waals surface area contributed by atoms with E-state index in [0.717, 1.165) is 49.0 Å². The summed E-state index contributed by atoms with van der Waals surface area (Å²) in [5.74, 6) is -0.204. The molecule has 4 rings (SSSR count). The number of aromatic nitrogens is 2. The van der Waals surface area contributed by atoms with E-state index in [4.69, 9.17) is 4.98 Å². The number of pyridine rings is 1. The lowest BCUT2D eigenvalue weighted by Gasteiger charge is -2.32. The molecule has 1 fully saturated rings. The number of likely N-dealkylation sites (tertiary alicyclic amines) is 1. The standard InChI is InChI=1S/C20H21F2N3/c1-14-23-20(18-9-2-3-11-25(14)18)16-7-5-10-24(13-16)12-15-6-4-8-17(21)19(15)22/h2-4,6,8-9,11,16H,5,7,10,12-13H2,1H3/t16-/m0/s1. The van der Waals surface area contributed by atoms with Gasteiger partial charge in [0, 0.05) is 30.8 Å². The topological polar surface area (TPSA) is 20.5 Å². The van der Waals surface area contributed by atoms with Gasteiger partial charge in [0.1, 0.15) is 5.82 Å². The fourth-order valence-electron chi connectivity index (χ4n) is 3.85. The van der Waals surface area contributed by atoms with Crippen LogP contribution in [-0.4, -0.2) is 27.4 Å². The van der Waals surface area contributed by atoms with Gasteiger partial charge in [-0.05, 0) is 44.5 Å². The van der Waals surface area contributed by atoms with Crippen LogP contribution in [0.2, 0.25) is 0 Å². The van der Waals surface area contributed by atoms with E-state index >= 15 is 0 Å². The predicted octanol–water partition coefficient (Wildman–Crippen LogP) is 4.30. The molecule has 0 amide bonds. The summed E-state index contributed by atoms with van der Waals surface area (Å²) in [4.78, 5) is 6.99. The number of imidazole rings is 1. The lowest BCUT2D eigenvalue weighted by Crippen LogP contribution is -2.34. The monoisotopic (exact) mass is 341 g/mol. The summed E-state index contributed by atoms with van der Waals surface area (Å²) >= 11 is 0. The number of piperidine rings is 1. The molecule has 0 radical (unpaired) electrons. The number of rotatable bonds is 3. The average Bonchev–Trinajstić information content (AvgIpc) is 2.97. The highest BCUT2D eigenvalue weighted by Crippen LogP contribution is 2.30. The van der Waals surface area contributed by atoms with Crippen molar-refractivity contribution >= 4 is 5.52 Å². The van der Waals surface area contributed by atoms with Crippen molar-refractivity contribution in [3.8, 4) is 0 Å². The third kappa shape index (κ3) is 3.04. The van der Waals surface area contributed by atoms with Crippen molar-refractivity contribution in [2.45, 2.75) is 32.2 Å². The molecule has 1 aromatic carbocycles. The SMILES string of the molecule is Cc1nc([C@H]2CCCN(Cc3cccc(F)c3F)C2)c2ccccn12. The van der Waals surface area contributed by atoms with E-state index in [2.05, 4.69) is 15.4 Å². The molecule has 3 nitrogen and oxygen atoms in total. The molecule has 0 bridgehead atoms. The fraction of sp³-hybridized carbons (Fsp3) is 0.350. The first-order chi connectivity index (χ1) is 12.1. The van der Waals surface area contributed by atoms with Gasteiger partial charge in [0.05, 0.1) is 11.2 Å². The molecule has 0 spiro atoms. The van der Waals surface area contributed by atoms with E-state index < -0.39 is 11.6 Å². The minimum absolute atomic E-state index is 0.316. The zero-order valence-electron chi connectivity index (χ0n) is 14.3. The van der Waals surface area contributed by atoms with Gasteiger partial charge >= 0.3 is 0 Å². The molecule has 25 heavy (non-hydrogen) atoms. The van der Waals surface area contributed by atoms with E-state index in [1.54, 1.807) is 12.1 Å². The highest BCUT2D eigenvalue weighted by Gasteiger charge is 2.26. The molecule has 3 heterocycles. The van der Waals surface area contributed by atoms with Gasteiger partial charge in [-0.2, -0.15) is 0 Å². The van der Waals surface area contributed by atoms with Crippen LogP contribution in [0, 0.1) is 18.6 Å². The summed E-state index contributed by atoms with van der Waals surface area (Å²) in [6, 6.07) is 10.5. The largest absolute Gasteiger partial charge is 0.304 e. The Hall–Kier alpha value is -2.27.